The van der Waals surface area contributed by atoms with Crippen LogP contribution in [-0.4, -0.2) is 82.4 Å². The highest BCUT2D eigenvalue weighted by Gasteiger charge is 2.56. The van der Waals surface area contributed by atoms with E-state index in [-0.39, 0.29) is 41.4 Å². The summed E-state index contributed by atoms with van der Waals surface area (Å²) in [5, 5.41) is 13.4. The Hall–Kier alpha value is -2.23. The van der Waals surface area contributed by atoms with Gasteiger partial charge in [0.2, 0.25) is 0 Å². The monoisotopic (exact) mass is 676 g/mol. The summed E-state index contributed by atoms with van der Waals surface area (Å²) in [5.41, 5.74) is 1.92. The lowest BCUT2D eigenvalue weighted by Gasteiger charge is -2.36. The maximum atomic E-state index is 13.9. The maximum absolute atomic E-state index is 13.9. The number of nitrogens with one attached hydrogen (secondary N) is 1. The van der Waals surface area contributed by atoms with Gasteiger partial charge in [-0.05, 0) is 62.5 Å². The molecule has 3 fully saturated rings. The first-order valence-electron chi connectivity index (χ1n) is 16.3. The molecule has 14 heteroatoms. The molecule has 1 unspecified atom stereocenters. The number of rotatable bonds is 12. The second kappa shape index (κ2) is 12.7. The second-order valence-corrected chi connectivity index (χ2v) is 20.4. The molecule has 2 saturated carbocycles. The summed E-state index contributed by atoms with van der Waals surface area (Å²) in [6.45, 7) is 18.1. The van der Waals surface area contributed by atoms with E-state index in [1.54, 1.807) is 17.8 Å². The van der Waals surface area contributed by atoms with Crippen molar-refractivity contribution in [3.8, 4) is 0 Å². The minimum Gasteiger partial charge on any atom is -0.414 e. The van der Waals surface area contributed by atoms with Crippen LogP contribution in [0.2, 0.25) is 18.1 Å². The van der Waals surface area contributed by atoms with Crippen molar-refractivity contribution in [2.45, 2.75) is 126 Å². The first-order valence-corrected chi connectivity index (χ1v) is 20.2. The lowest BCUT2D eigenvalue weighted by molar-refractivity contribution is -0.170. The summed E-state index contributed by atoms with van der Waals surface area (Å²) < 4.78 is 54.9. The van der Waals surface area contributed by atoms with E-state index >= 15 is 0 Å². The molecule has 2 aliphatic carbocycles. The van der Waals surface area contributed by atoms with Gasteiger partial charge in [-0.25, -0.2) is 23.4 Å². The standard InChI is InChI=1S/C32H46F2N6O4SSi/c1-9-14-45-30-36-28(35-22-16-19(22)18-10-11-20(33)21(34)15-18)25-29(37-30)40(39-38-25)23-17-24(27-26(23)43-32(5,6)44-27)41-12-13-42-46(7,8)31(2,3)4/h10-11,15,19,22-24,26-27H,9,12-14,16-17H2,1-8H3,(H,35,36,37)/t19-,22?,23+,24-,26-,27+/m1/s1. The van der Waals surface area contributed by atoms with E-state index in [9.17, 15) is 8.78 Å². The van der Waals surface area contributed by atoms with E-state index in [4.69, 9.17) is 28.6 Å². The molecular formula is C32H46F2N6O4SSi. The second-order valence-electron chi connectivity index (χ2n) is 14.6. The van der Waals surface area contributed by atoms with Crippen molar-refractivity contribution in [1.29, 1.82) is 0 Å². The molecule has 2 aromatic heterocycles. The van der Waals surface area contributed by atoms with Crippen LogP contribution in [-0.2, 0) is 18.6 Å². The number of nitrogens with zero attached hydrogens (tertiary/aromatic N) is 5. The van der Waals surface area contributed by atoms with E-state index in [0.29, 0.717) is 41.8 Å². The Morgan fingerprint density at radius 3 is 2.57 bits per heavy atom. The molecule has 0 bridgehead atoms. The minimum absolute atomic E-state index is 0.00619. The predicted octanol–water partition coefficient (Wildman–Crippen LogP) is 6.84. The fraction of sp³-hybridized carbons (Fsp3) is 0.688. The van der Waals surface area contributed by atoms with Crippen LogP contribution in [0.5, 0.6) is 0 Å². The molecule has 3 aromatic rings. The number of halogens is 2. The van der Waals surface area contributed by atoms with Gasteiger partial charge in [-0.2, -0.15) is 0 Å². The van der Waals surface area contributed by atoms with Crippen LogP contribution in [0.15, 0.2) is 23.4 Å². The first-order chi connectivity index (χ1) is 21.7. The SMILES string of the molecule is CCCSc1nc(NC2C[C@@H]2c2ccc(F)c(F)c2)c2nnn([C@H]3C[C@@H](OCCO[Si](C)(C)C(C)(C)C)[C@@H]4OC(C)(C)O[C@@H]43)c2n1. The molecule has 6 atom stereocenters. The van der Waals surface area contributed by atoms with Crippen molar-refractivity contribution >= 4 is 37.1 Å². The Morgan fingerprint density at radius 1 is 1.09 bits per heavy atom. The fourth-order valence-electron chi connectivity index (χ4n) is 6.06. The van der Waals surface area contributed by atoms with Gasteiger partial charge in [0.15, 0.2) is 47.9 Å². The first kappa shape index (κ1) is 33.7. The van der Waals surface area contributed by atoms with Crippen molar-refractivity contribution in [2.24, 2.45) is 0 Å². The smallest absolute Gasteiger partial charge is 0.192 e. The highest BCUT2D eigenvalue weighted by atomic mass is 32.2. The van der Waals surface area contributed by atoms with Crippen LogP contribution < -0.4 is 5.32 Å². The van der Waals surface area contributed by atoms with Gasteiger partial charge in [-0.1, -0.05) is 50.7 Å². The van der Waals surface area contributed by atoms with Crippen LogP contribution in [0.3, 0.4) is 0 Å². The molecule has 0 radical (unpaired) electrons. The average Bonchev–Trinajstić information content (AvgIpc) is 3.31. The zero-order chi connectivity index (χ0) is 33.0. The molecule has 1 aliphatic heterocycles. The molecule has 1 aromatic carbocycles. The Balaban J connectivity index is 1.23. The third-order valence-corrected chi connectivity index (χ3v) is 15.2. The third kappa shape index (κ3) is 6.84. The van der Waals surface area contributed by atoms with Gasteiger partial charge in [0.1, 0.15) is 12.2 Å². The zero-order valence-electron chi connectivity index (χ0n) is 28.0. The number of hydrogen-bond acceptors (Lipinski definition) is 10. The molecule has 0 amide bonds. The minimum atomic E-state index is -1.89. The van der Waals surface area contributed by atoms with Crippen molar-refractivity contribution < 1.29 is 27.4 Å². The number of anilines is 1. The number of ether oxygens (including phenoxy) is 3. The van der Waals surface area contributed by atoms with Crippen LogP contribution in [0.4, 0.5) is 14.6 Å². The van der Waals surface area contributed by atoms with Gasteiger partial charge in [0, 0.05) is 24.1 Å². The fourth-order valence-corrected chi connectivity index (χ4v) is 7.78. The van der Waals surface area contributed by atoms with E-state index in [0.717, 1.165) is 24.2 Å². The Labute approximate surface area is 274 Å². The Morgan fingerprint density at radius 2 is 1.85 bits per heavy atom. The van der Waals surface area contributed by atoms with Crippen LogP contribution in [0.25, 0.3) is 11.2 Å². The summed E-state index contributed by atoms with van der Waals surface area (Å²) in [5.74, 6) is -0.966. The van der Waals surface area contributed by atoms with Gasteiger partial charge in [0.05, 0.1) is 25.4 Å². The summed E-state index contributed by atoms with van der Waals surface area (Å²) in [6, 6.07) is 3.88. The third-order valence-electron chi connectivity index (χ3n) is 9.60. The molecule has 0 spiro atoms. The van der Waals surface area contributed by atoms with Gasteiger partial charge in [-0.15, -0.1) is 5.10 Å². The normalized spacial score (nSPS) is 27.3. The molecule has 6 rings (SSSR count). The van der Waals surface area contributed by atoms with E-state index in [2.05, 4.69) is 56.4 Å². The molecule has 252 valence electrons. The molecule has 3 aliphatic rings. The topological polar surface area (TPSA) is 105 Å². The highest BCUT2D eigenvalue weighted by Crippen LogP contribution is 2.47. The molecule has 10 nitrogen and oxygen atoms in total. The van der Waals surface area contributed by atoms with E-state index in [1.807, 2.05) is 18.5 Å². The van der Waals surface area contributed by atoms with Gasteiger partial charge >= 0.3 is 0 Å². The lowest BCUT2D eigenvalue weighted by atomic mass is 10.1. The summed E-state index contributed by atoms with van der Waals surface area (Å²) in [6.07, 6.45) is 1.57. The van der Waals surface area contributed by atoms with Gasteiger partial charge in [-0.3, -0.25) is 0 Å². The quantitative estimate of drug-likeness (QED) is 0.0949. The zero-order valence-corrected chi connectivity index (χ0v) is 29.8. The number of thioether (sulfide) groups is 1. The summed E-state index contributed by atoms with van der Waals surface area (Å²) in [4.78, 5) is 9.72. The maximum Gasteiger partial charge on any atom is 0.192 e. The molecule has 46 heavy (non-hydrogen) atoms. The predicted molar refractivity (Wildman–Crippen MR) is 176 cm³/mol. The van der Waals surface area contributed by atoms with Crippen LogP contribution >= 0.6 is 11.8 Å². The van der Waals surface area contributed by atoms with Gasteiger partial charge < -0.3 is 24.0 Å². The van der Waals surface area contributed by atoms with Crippen LogP contribution in [0, 0.1) is 11.6 Å². The average molecular weight is 677 g/mol. The molecule has 1 N–H and O–H groups in total. The number of benzene rings is 1. The van der Waals surface area contributed by atoms with Crippen molar-refractivity contribution in [2.75, 3.05) is 24.3 Å². The summed E-state index contributed by atoms with van der Waals surface area (Å²) in [7, 11) is -1.89. The van der Waals surface area contributed by atoms with Crippen molar-refractivity contribution in [1.82, 2.24) is 25.0 Å². The molecule has 1 saturated heterocycles. The van der Waals surface area contributed by atoms with Crippen LogP contribution in [0.1, 0.15) is 78.3 Å². The number of hydrogen-bond donors (Lipinski definition) is 1. The summed E-state index contributed by atoms with van der Waals surface area (Å²) >= 11 is 1.58. The molecular weight excluding hydrogens is 631 g/mol. The number of fused-ring (bicyclic) bond motifs is 2. The Kier molecular flexibility index (Phi) is 9.26. The lowest BCUT2D eigenvalue weighted by Crippen LogP contribution is -2.42. The van der Waals surface area contributed by atoms with Crippen molar-refractivity contribution in [3.63, 3.8) is 0 Å². The highest BCUT2D eigenvalue weighted by molar-refractivity contribution is 7.99. The molecule has 3 heterocycles. The Bertz CT molecular complexity index is 1570. The van der Waals surface area contributed by atoms with Gasteiger partial charge in [0.25, 0.3) is 0 Å². The van der Waals surface area contributed by atoms with E-state index in [1.165, 1.54) is 12.1 Å². The van der Waals surface area contributed by atoms with E-state index < -0.39 is 25.7 Å². The number of aromatic nitrogens is 5. The largest absolute Gasteiger partial charge is 0.414 e. The van der Waals surface area contributed by atoms with Crippen molar-refractivity contribution in [3.05, 3.63) is 35.4 Å².